The van der Waals surface area contributed by atoms with E-state index in [0.717, 1.165) is 11.6 Å². The van der Waals surface area contributed by atoms with Crippen LogP contribution in [0, 0.1) is 5.82 Å². The van der Waals surface area contributed by atoms with Crippen LogP contribution in [0.25, 0.3) is 5.78 Å². The zero-order valence-electron chi connectivity index (χ0n) is 16.5. The maximum Gasteiger partial charge on any atom is 0.233 e. The summed E-state index contributed by atoms with van der Waals surface area (Å²) in [5.74, 6) is -0.331. The smallest absolute Gasteiger partial charge is 0.233 e. The van der Waals surface area contributed by atoms with Gasteiger partial charge in [0.2, 0.25) is 15.6 Å². The Hall–Kier alpha value is -3.59. The van der Waals surface area contributed by atoms with Gasteiger partial charge in [0, 0.05) is 31.2 Å². The van der Waals surface area contributed by atoms with E-state index >= 15 is 0 Å². The number of imidazole rings is 1. The second-order valence-corrected chi connectivity index (χ2v) is 8.79. The molecule has 0 spiro atoms. The average Bonchev–Trinajstić information content (AvgIpc) is 3.25. The van der Waals surface area contributed by atoms with Gasteiger partial charge in [0.25, 0.3) is 0 Å². The van der Waals surface area contributed by atoms with Gasteiger partial charge < -0.3 is 4.74 Å². The van der Waals surface area contributed by atoms with Gasteiger partial charge in [-0.1, -0.05) is 12.1 Å². The molecule has 158 valence electrons. The van der Waals surface area contributed by atoms with E-state index in [4.69, 9.17) is 4.74 Å². The summed E-state index contributed by atoms with van der Waals surface area (Å²) in [6.45, 7) is 0. The Kier molecular flexibility index (Phi) is 5.51. The fraction of sp³-hybridized carbons (Fsp3) is 0.136. The highest BCUT2D eigenvalue weighted by atomic mass is 32.2. The molecule has 4 rings (SSSR count). The van der Waals surface area contributed by atoms with Crippen LogP contribution in [-0.2, 0) is 16.3 Å². The lowest BCUT2D eigenvalue weighted by molar-refractivity contribution is 0.0982. The van der Waals surface area contributed by atoms with Gasteiger partial charge in [-0.25, -0.2) is 22.8 Å². The van der Waals surface area contributed by atoms with Crippen LogP contribution in [0.4, 0.5) is 4.39 Å². The summed E-state index contributed by atoms with van der Waals surface area (Å²) in [6, 6.07) is 9.72. The van der Waals surface area contributed by atoms with Crippen LogP contribution in [-0.4, -0.2) is 35.7 Å². The number of hydrogen-bond acceptors (Lipinski definition) is 6. The first-order valence-corrected chi connectivity index (χ1v) is 10.9. The maximum atomic E-state index is 13.9. The highest BCUT2D eigenvalue weighted by Crippen LogP contribution is 2.26. The summed E-state index contributed by atoms with van der Waals surface area (Å²) in [7, 11) is -2.56. The molecule has 0 saturated heterocycles. The van der Waals surface area contributed by atoms with E-state index in [9.17, 15) is 17.6 Å². The molecule has 0 amide bonds. The molecule has 7 nitrogen and oxygen atoms in total. The number of benzene rings is 2. The summed E-state index contributed by atoms with van der Waals surface area (Å²) in [4.78, 5) is 20.5. The molecule has 0 bridgehead atoms. The lowest BCUT2D eigenvalue weighted by atomic mass is 10.0. The Morgan fingerprint density at radius 1 is 1.10 bits per heavy atom. The van der Waals surface area contributed by atoms with Crippen molar-refractivity contribution >= 4 is 21.4 Å². The van der Waals surface area contributed by atoms with Gasteiger partial charge >= 0.3 is 0 Å². The van der Waals surface area contributed by atoms with Gasteiger partial charge in [0.15, 0.2) is 17.3 Å². The van der Waals surface area contributed by atoms with Gasteiger partial charge in [-0.3, -0.25) is 9.20 Å². The Bertz CT molecular complexity index is 1370. The average molecular weight is 439 g/mol. The minimum atomic E-state index is -3.87. The number of carbonyl (C=O) groups excluding carboxylic acids is 1. The van der Waals surface area contributed by atoms with Crippen LogP contribution in [0.5, 0.6) is 5.75 Å². The number of ketones is 1. The van der Waals surface area contributed by atoms with Crippen LogP contribution in [0.2, 0.25) is 0 Å². The van der Waals surface area contributed by atoms with Crippen molar-refractivity contribution in [2.24, 2.45) is 0 Å². The summed E-state index contributed by atoms with van der Waals surface area (Å²) >= 11 is 0. The second kappa shape index (κ2) is 8.27. The SMILES string of the molecule is COc1ccc(S(=O)(=O)c2ccc(CCC(=O)c3cnc4nccn4c3)cc2)cc1F. The molecular formula is C22H18FN3O4S. The summed E-state index contributed by atoms with van der Waals surface area (Å²) < 4.78 is 45.9. The van der Waals surface area contributed by atoms with Crippen LogP contribution in [0.3, 0.4) is 0 Å². The largest absolute Gasteiger partial charge is 0.494 e. The van der Waals surface area contributed by atoms with E-state index in [2.05, 4.69) is 9.97 Å². The van der Waals surface area contributed by atoms with E-state index in [1.165, 1.54) is 37.6 Å². The number of hydrogen-bond donors (Lipinski definition) is 0. The topological polar surface area (TPSA) is 90.6 Å². The van der Waals surface area contributed by atoms with Gasteiger partial charge in [0.1, 0.15) is 0 Å². The number of aromatic nitrogens is 3. The summed E-state index contributed by atoms with van der Waals surface area (Å²) in [5, 5.41) is 0. The zero-order valence-corrected chi connectivity index (χ0v) is 17.3. The Morgan fingerprint density at radius 2 is 1.84 bits per heavy atom. The standard InChI is InChI=1S/C22H18FN3O4S/c1-30-21-9-7-18(12-19(21)23)31(28,29)17-5-2-15(3-6-17)4-8-20(27)16-13-25-22-24-10-11-26(22)14-16/h2-3,5-7,9-14H,4,8H2,1H3. The number of sulfone groups is 1. The second-order valence-electron chi connectivity index (χ2n) is 6.84. The number of fused-ring (bicyclic) bond motifs is 1. The molecule has 31 heavy (non-hydrogen) atoms. The van der Waals surface area contributed by atoms with Crippen LogP contribution >= 0.6 is 0 Å². The molecule has 0 unspecified atom stereocenters. The predicted octanol–water partition coefficient (Wildman–Crippen LogP) is 3.53. The molecule has 0 aliphatic rings. The number of aryl methyl sites for hydroxylation is 1. The molecule has 2 heterocycles. The fourth-order valence-corrected chi connectivity index (χ4v) is 4.42. The number of Topliss-reactive ketones (excluding diaryl/α,β-unsaturated/α-hetero) is 1. The molecule has 2 aromatic carbocycles. The fourth-order valence-electron chi connectivity index (χ4n) is 3.15. The minimum Gasteiger partial charge on any atom is -0.494 e. The first-order valence-electron chi connectivity index (χ1n) is 9.38. The number of ether oxygens (including phenoxy) is 1. The van der Waals surface area contributed by atoms with Crippen LogP contribution < -0.4 is 4.74 Å². The van der Waals surface area contributed by atoms with Crippen molar-refractivity contribution in [3.8, 4) is 5.75 Å². The molecule has 0 atom stereocenters. The van der Waals surface area contributed by atoms with Crippen LogP contribution in [0.1, 0.15) is 22.3 Å². The third-order valence-corrected chi connectivity index (χ3v) is 6.64. The quantitative estimate of drug-likeness (QED) is 0.409. The van der Waals surface area contributed by atoms with Gasteiger partial charge in [-0.2, -0.15) is 0 Å². The van der Waals surface area contributed by atoms with E-state index in [-0.39, 0.29) is 27.7 Å². The Balaban J connectivity index is 1.46. The number of carbonyl (C=O) groups is 1. The van der Waals surface area contributed by atoms with E-state index in [1.807, 2.05) is 0 Å². The van der Waals surface area contributed by atoms with Crippen LogP contribution in [0.15, 0.2) is 77.0 Å². The lowest BCUT2D eigenvalue weighted by Crippen LogP contribution is -2.05. The number of methoxy groups -OCH3 is 1. The molecule has 0 radical (unpaired) electrons. The van der Waals surface area contributed by atoms with Gasteiger partial charge in [-0.05, 0) is 42.3 Å². The van der Waals surface area contributed by atoms with E-state index in [1.54, 1.807) is 35.1 Å². The third-order valence-electron chi connectivity index (χ3n) is 4.88. The van der Waals surface area contributed by atoms with Crippen molar-refractivity contribution < 1.29 is 22.3 Å². The van der Waals surface area contributed by atoms with Crippen molar-refractivity contribution in [2.75, 3.05) is 7.11 Å². The van der Waals surface area contributed by atoms with Crippen molar-refractivity contribution in [3.05, 3.63) is 84.2 Å². The first-order chi connectivity index (χ1) is 14.9. The normalized spacial score (nSPS) is 11.5. The van der Waals surface area contributed by atoms with Crippen molar-refractivity contribution in [1.29, 1.82) is 0 Å². The van der Waals surface area contributed by atoms with E-state index in [0.29, 0.717) is 17.8 Å². The van der Waals surface area contributed by atoms with Crippen molar-refractivity contribution in [2.45, 2.75) is 22.6 Å². The third kappa shape index (κ3) is 4.17. The number of halogens is 1. The van der Waals surface area contributed by atoms with Gasteiger partial charge in [0.05, 0.1) is 22.5 Å². The Labute approximate surface area is 178 Å². The molecule has 0 aliphatic carbocycles. The van der Waals surface area contributed by atoms with Crippen molar-refractivity contribution in [1.82, 2.24) is 14.4 Å². The van der Waals surface area contributed by atoms with E-state index < -0.39 is 15.7 Å². The number of nitrogens with zero attached hydrogens (tertiary/aromatic N) is 3. The summed E-state index contributed by atoms with van der Waals surface area (Å²) in [5.41, 5.74) is 1.29. The predicted molar refractivity (Wildman–Crippen MR) is 110 cm³/mol. The van der Waals surface area contributed by atoms with Gasteiger partial charge in [-0.15, -0.1) is 0 Å². The van der Waals surface area contributed by atoms with Crippen molar-refractivity contribution in [3.63, 3.8) is 0 Å². The highest BCUT2D eigenvalue weighted by Gasteiger charge is 2.19. The lowest BCUT2D eigenvalue weighted by Gasteiger charge is -2.08. The first kappa shape index (κ1) is 20.7. The molecule has 0 fully saturated rings. The molecule has 9 heteroatoms. The molecule has 0 N–H and O–H groups in total. The summed E-state index contributed by atoms with van der Waals surface area (Å²) in [6.07, 6.45) is 7.19. The zero-order chi connectivity index (χ0) is 22.0. The molecular weight excluding hydrogens is 421 g/mol. The minimum absolute atomic E-state index is 0.0265. The number of rotatable bonds is 7. The molecule has 0 saturated carbocycles. The monoisotopic (exact) mass is 439 g/mol. The molecule has 2 aromatic heterocycles. The highest BCUT2D eigenvalue weighted by molar-refractivity contribution is 7.91. The molecule has 0 aliphatic heterocycles. The maximum absolute atomic E-state index is 13.9. The Morgan fingerprint density at radius 3 is 2.55 bits per heavy atom. The molecule has 4 aromatic rings.